The summed E-state index contributed by atoms with van der Waals surface area (Å²) in [6.07, 6.45) is 5.43. The van der Waals surface area contributed by atoms with Gasteiger partial charge in [-0.3, -0.25) is 14.7 Å². The van der Waals surface area contributed by atoms with Gasteiger partial charge in [-0.2, -0.15) is 0 Å². The molecule has 0 aromatic carbocycles. The van der Waals surface area contributed by atoms with Gasteiger partial charge in [-0.15, -0.1) is 0 Å². The summed E-state index contributed by atoms with van der Waals surface area (Å²) in [4.78, 5) is 23.9. The first-order valence-electron chi connectivity index (χ1n) is 6.10. The number of nitrogens with zero attached hydrogens (tertiary/aromatic N) is 4. The van der Waals surface area contributed by atoms with Crippen LogP contribution >= 0.6 is 0 Å². The van der Waals surface area contributed by atoms with E-state index in [1.165, 1.54) is 0 Å². The number of carbonyl (C=O) groups excluding carboxylic acids is 1. The molecule has 1 aromatic rings. The van der Waals surface area contributed by atoms with Crippen LogP contribution in [0, 0.1) is 0 Å². The van der Waals surface area contributed by atoms with Crippen LogP contribution in [0.4, 0.5) is 5.82 Å². The molecule has 2 N–H and O–H groups in total. The molecule has 0 bridgehead atoms. The zero-order valence-electron chi connectivity index (χ0n) is 10.8. The van der Waals surface area contributed by atoms with Crippen molar-refractivity contribution >= 4 is 11.7 Å². The summed E-state index contributed by atoms with van der Waals surface area (Å²) in [6.45, 7) is 1.17. The number of rotatable bonds is 4. The average molecular weight is 249 g/mol. The molecule has 1 saturated heterocycles. The highest BCUT2D eigenvalue weighted by Crippen LogP contribution is 2.33. The summed E-state index contributed by atoms with van der Waals surface area (Å²) in [5.41, 5.74) is 6.22. The predicted octanol–water partition coefficient (Wildman–Crippen LogP) is 0.165. The molecule has 1 amide bonds. The lowest BCUT2D eigenvalue weighted by molar-refractivity contribution is -0.119. The van der Waals surface area contributed by atoms with Crippen molar-refractivity contribution in [2.75, 3.05) is 32.1 Å². The lowest BCUT2D eigenvalue weighted by atomic mass is 10.1. The van der Waals surface area contributed by atoms with Crippen LogP contribution in [0.5, 0.6) is 0 Å². The number of hydrogen-bond donors (Lipinski definition) is 1. The Hall–Kier alpha value is -1.69. The van der Waals surface area contributed by atoms with E-state index in [2.05, 4.69) is 14.9 Å². The van der Waals surface area contributed by atoms with Crippen molar-refractivity contribution in [3.05, 3.63) is 18.1 Å². The topological polar surface area (TPSA) is 75.3 Å². The molecule has 18 heavy (non-hydrogen) atoms. The molecule has 1 aromatic heterocycles. The fourth-order valence-corrected chi connectivity index (χ4v) is 2.45. The number of carbonyl (C=O) groups is 1. The summed E-state index contributed by atoms with van der Waals surface area (Å²) in [6, 6.07) is 0.142. The summed E-state index contributed by atoms with van der Waals surface area (Å²) in [5.74, 6) is 0.566. The summed E-state index contributed by atoms with van der Waals surface area (Å²) in [5, 5.41) is 0. The Balaban J connectivity index is 2.27. The average Bonchev–Trinajstić information content (AvgIpc) is 2.76. The second kappa shape index (κ2) is 5.30. The van der Waals surface area contributed by atoms with Gasteiger partial charge in [-0.1, -0.05) is 0 Å². The number of nitrogens with two attached hydrogens (primary N) is 1. The van der Waals surface area contributed by atoms with Gasteiger partial charge in [-0.25, -0.2) is 4.98 Å². The van der Waals surface area contributed by atoms with E-state index in [0.29, 0.717) is 0 Å². The highest BCUT2D eigenvalue weighted by Gasteiger charge is 2.30. The van der Waals surface area contributed by atoms with Gasteiger partial charge in [0.15, 0.2) is 5.82 Å². The molecule has 6 heteroatoms. The lowest BCUT2D eigenvalue weighted by Gasteiger charge is -2.25. The summed E-state index contributed by atoms with van der Waals surface area (Å²) >= 11 is 0. The first-order valence-corrected chi connectivity index (χ1v) is 6.10. The number of likely N-dealkylation sites (tertiary alicyclic amines) is 1. The number of anilines is 1. The number of aromatic nitrogens is 2. The zero-order valence-corrected chi connectivity index (χ0v) is 10.8. The van der Waals surface area contributed by atoms with Gasteiger partial charge in [-0.05, 0) is 19.4 Å². The maximum atomic E-state index is 11.1. The number of hydrogen-bond acceptors (Lipinski definition) is 5. The van der Waals surface area contributed by atoms with E-state index in [-0.39, 0.29) is 18.5 Å². The van der Waals surface area contributed by atoms with Gasteiger partial charge in [0.1, 0.15) is 0 Å². The van der Waals surface area contributed by atoms with E-state index >= 15 is 0 Å². The van der Waals surface area contributed by atoms with E-state index in [1.54, 1.807) is 12.4 Å². The van der Waals surface area contributed by atoms with Crippen LogP contribution in [-0.2, 0) is 4.79 Å². The van der Waals surface area contributed by atoms with Gasteiger partial charge in [0.2, 0.25) is 5.91 Å². The van der Waals surface area contributed by atoms with Crippen LogP contribution < -0.4 is 10.6 Å². The Morgan fingerprint density at radius 1 is 1.50 bits per heavy atom. The molecule has 2 rings (SSSR count). The molecule has 0 radical (unpaired) electrons. The lowest BCUT2D eigenvalue weighted by Crippen LogP contribution is -2.34. The monoisotopic (exact) mass is 249 g/mol. The second-order valence-corrected chi connectivity index (χ2v) is 4.75. The van der Waals surface area contributed by atoms with Crippen molar-refractivity contribution in [1.29, 1.82) is 0 Å². The minimum absolute atomic E-state index is 0.142. The molecule has 98 valence electrons. The first kappa shape index (κ1) is 12.8. The van der Waals surface area contributed by atoms with E-state index in [1.807, 2.05) is 19.0 Å². The Morgan fingerprint density at radius 3 is 2.89 bits per heavy atom. The number of amides is 1. The molecule has 1 fully saturated rings. The summed E-state index contributed by atoms with van der Waals surface area (Å²) < 4.78 is 0. The molecule has 0 spiro atoms. The Bertz CT molecular complexity index is 434. The third kappa shape index (κ3) is 2.59. The predicted molar refractivity (Wildman–Crippen MR) is 69.1 cm³/mol. The molecule has 1 aliphatic rings. The van der Waals surface area contributed by atoms with Gasteiger partial charge < -0.3 is 10.6 Å². The van der Waals surface area contributed by atoms with Gasteiger partial charge >= 0.3 is 0 Å². The molecule has 2 heterocycles. The van der Waals surface area contributed by atoms with Gasteiger partial charge in [0, 0.05) is 26.5 Å². The van der Waals surface area contributed by atoms with Gasteiger partial charge in [0.05, 0.1) is 18.3 Å². The van der Waals surface area contributed by atoms with E-state index in [0.717, 1.165) is 30.9 Å². The maximum Gasteiger partial charge on any atom is 0.231 e. The van der Waals surface area contributed by atoms with Crippen LogP contribution in [0.2, 0.25) is 0 Å². The smallest absolute Gasteiger partial charge is 0.231 e. The number of primary amides is 1. The van der Waals surface area contributed by atoms with Crippen molar-refractivity contribution in [3.8, 4) is 0 Å². The molecule has 0 saturated carbocycles. The molecule has 1 atom stereocenters. The highest BCUT2D eigenvalue weighted by atomic mass is 16.1. The SMILES string of the molecule is CN(C)c1nccnc1[C@@H]1CCCN1CC(N)=O. The summed E-state index contributed by atoms with van der Waals surface area (Å²) in [7, 11) is 3.89. The third-order valence-corrected chi connectivity index (χ3v) is 3.17. The minimum Gasteiger partial charge on any atom is -0.369 e. The Labute approximate surface area is 107 Å². The Morgan fingerprint density at radius 2 is 2.22 bits per heavy atom. The normalized spacial score (nSPS) is 20.0. The molecule has 1 aliphatic heterocycles. The first-order chi connectivity index (χ1) is 8.59. The maximum absolute atomic E-state index is 11.1. The highest BCUT2D eigenvalue weighted by molar-refractivity contribution is 5.76. The fourth-order valence-electron chi connectivity index (χ4n) is 2.45. The minimum atomic E-state index is -0.294. The quantitative estimate of drug-likeness (QED) is 0.823. The van der Waals surface area contributed by atoms with E-state index in [4.69, 9.17) is 5.73 Å². The van der Waals surface area contributed by atoms with E-state index in [9.17, 15) is 4.79 Å². The van der Waals surface area contributed by atoms with Crippen molar-refractivity contribution in [2.45, 2.75) is 18.9 Å². The van der Waals surface area contributed by atoms with Crippen LogP contribution in [0.1, 0.15) is 24.6 Å². The molecular weight excluding hydrogens is 230 g/mol. The fraction of sp³-hybridized carbons (Fsp3) is 0.583. The van der Waals surface area contributed by atoms with Crippen molar-refractivity contribution < 1.29 is 4.79 Å². The van der Waals surface area contributed by atoms with Crippen LogP contribution in [0.25, 0.3) is 0 Å². The molecule has 6 nitrogen and oxygen atoms in total. The van der Waals surface area contributed by atoms with Crippen molar-refractivity contribution in [3.63, 3.8) is 0 Å². The van der Waals surface area contributed by atoms with Crippen LogP contribution in [0.3, 0.4) is 0 Å². The third-order valence-electron chi connectivity index (χ3n) is 3.17. The molecule has 0 aliphatic carbocycles. The zero-order chi connectivity index (χ0) is 13.1. The largest absolute Gasteiger partial charge is 0.369 e. The Kier molecular flexibility index (Phi) is 3.76. The standard InChI is InChI=1S/C12H19N5O/c1-16(2)12-11(14-5-6-15-12)9-4-3-7-17(9)8-10(13)18/h5-6,9H,3-4,7-8H2,1-2H3,(H2,13,18)/t9-/m0/s1. The van der Waals surface area contributed by atoms with E-state index < -0.39 is 0 Å². The molecule has 0 unspecified atom stereocenters. The van der Waals surface area contributed by atoms with Crippen molar-refractivity contribution in [2.24, 2.45) is 5.73 Å². The molecular formula is C12H19N5O. The second-order valence-electron chi connectivity index (χ2n) is 4.75. The van der Waals surface area contributed by atoms with Crippen molar-refractivity contribution in [1.82, 2.24) is 14.9 Å². The van der Waals surface area contributed by atoms with Crippen LogP contribution in [-0.4, -0.2) is 48.0 Å². The van der Waals surface area contributed by atoms with Crippen LogP contribution in [0.15, 0.2) is 12.4 Å². The van der Waals surface area contributed by atoms with Gasteiger partial charge in [0.25, 0.3) is 0 Å².